The zero-order valence-electron chi connectivity index (χ0n) is 17.3. The van der Waals surface area contributed by atoms with Crippen molar-refractivity contribution in [3.8, 4) is 5.75 Å². The van der Waals surface area contributed by atoms with E-state index in [-0.39, 0.29) is 22.4 Å². The molecule has 4 heteroatoms. The van der Waals surface area contributed by atoms with Crippen LogP contribution in [0, 0.1) is 5.41 Å². The SMILES string of the molecule is CC.CCC.CN.C[C@]12CC3=CCC(=O)CC31c1c(ccc(N)c1O)C2. The fraction of sp³-hybridized carbons (Fsp3) is 0.591. The largest absolute Gasteiger partial charge is 0.505 e. The number of fused-ring (bicyclic) bond motifs is 1. The van der Waals surface area contributed by atoms with Crippen LogP contribution in [0.3, 0.4) is 0 Å². The molecular formula is C22H36N2O2. The van der Waals surface area contributed by atoms with E-state index in [0.29, 0.717) is 18.5 Å². The van der Waals surface area contributed by atoms with Gasteiger partial charge in [-0.1, -0.05) is 58.8 Å². The Kier molecular flexibility index (Phi) is 7.45. The predicted molar refractivity (Wildman–Crippen MR) is 110 cm³/mol. The molecular weight excluding hydrogens is 324 g/mol. The zero-order chi connectivity index (χ0) is 20.1. The maximum atomic E-state index is 12.0. The average Bonchev–Trinajstić information content (AvgIpc) is 2.80. The summed E-state index contributed by atoms with van der Waals surface area (Å²) in [5, 5.41) is 10.4. The Labute approximate surface area is 158 Å². The number of rotatable bonds is 0. The first-order valence-electron chi connectivity index (χ1n) is 9.79. The third-order valence-corrected chi connectivity index (χ3v) is 5.50. The van der Waals surface area contributed by atoms with Gasteiger partial charge >= 0.3 is 0 Å². The first-order chi connectivity index (χ1) is 12.4. The second-order valence-electron chi connectivity index (χ2n) is 7.21. The lowest BCUT2D eigenvalue weighted by atomic mass is 9.44. The van der Waals surface area contributed by atoms with Gasteiger partial charge in [-0.05, 0) is 36.9 Å². The quantitative estimate of drug-likeness (QED) is 0.361. The number of phenols is 1. The van der Waals surface area contributed by atoms with Crippen LogP contribution in [-0.2, 0) is 16.6 Å². The second kappa shape index (κ2) is 8.72. The fourth-order valence-corrected chi connectivity index (χ4v) is 4.64. The van der Waals surface area contributed by atoms with E-state index >= 15 is 0 Å². The number of aromatic hydroxyl groups is 1. The van der Waals surface area contributed by atoms with Crippen LogP contribution < -0.4 is 11.5 Å². The van der Waals surface area contributed by atoms with Crippen molar-refractivity contribution in [3.05, 3.63) is 34.9 Å². The Bertz CT molecular complexity index is 681. The van der Waals surface area contributed by atoms with E-state index in [1.54, 1.807) is 6.07 Å². The summed E-state index contributed by atoms with van der Waals surface area (Å²) in [5.74, 6) is 0.464. The summed E-state index contributed by atoms with van der Waals surface area (Å²) < 4.78 is 0. The first kappa shape index (κ1) is 22.2. The molecule has 0 saturated heterocycles. The van der Waals surface area contributed by atoms with Gasteiger partial charge in [0.1, 0.15) is 11.5 Å². The lowest BCUT2D eigenvalue weighted by Crippen LogP contribution is -2.55. The highest BCUT2D eigenvalue weighted by Gasteiger charge is 2.66. The van der Waals surface area contributed by atoms with Gasteiger partial charge in [0.2, 0.25) is 0 Å². The van der Waals surface area contributed by atoms with E-state index in [4.69, 9.17) is 5.73 Å². The standard InChI is InChI=1S/C16H17NO2.C3H8.C2H6.CH5N/c1-15-6-9-2-5-12(17)14(19)13(9)16(15)8-11(18)4-3-10(16)7-15;1-3-2;2*1-2/h2-3,5,19H,4,6-8,17H2,1H3;3H2,1-2H3;1-2H3;2H2,1H3/t15-,16?;;;/m0.../s1. The maximum absolute atomic E-state index is 12.0. The molecule has 4 nitrogen and oxygen atoms in total. The minimum Gasteiger partial charge on any atom is -0.505 e. The Morgan fingerprint density at radius 2 is 1.69 bits per heavy atom. The molecule has 1 spiro atoms. The van der Waals surface area contributed by atoms with Gasteiger partial charge in [-0.2, -0.15) is 0 Å². The monoisotopic (exact) mass is 360 g/mol. The number of carbonyl (C=O) groups is 1. The lowest BCUT2D eigenvalue weighted by Gasteiger charge is -2.58. The van der Waals surface area contributed by atoms with Crippen LogP contribution in [-0.4, -0.2) is 17.9 Å². The van der Waals surface area contributed by atoms with Crippen LogP contribution in [0.25, 0.3) is 0 Å². The van der Waals surface area contributed by atoms with Gasteiger partial charge < -0.3 is 16.6 Å². The second-order valence-corrected chi connectivity index (χ2v) is 7.21. The van der Waals surface area contributed by atoms with Gasteiger partial charge in [0.05, 0.1) is 5.69 Å². The Balaban J connectivity index is 0.000000431. The molecule has 1 fully saturated rings. The molecule has 5 N–H and O–H groups in total. The Hall–Kier alpha value is -1.81. The Morgan fingerprint density at radius 3 is 2.27 bits per heavy atom. The molecule has 0 aromatic heterocycles. The molecule has 0 radical (unpaired) electrons. The van der Waals surface area contributed by atoms with Crippen LogP contribution in [0.15, 0.2) is 23.8 Å². The van der Waals surface area contributed by atoms with E-state index in [2.05, 4.69) is 32.6 Å². The van der Waals surface area contributed by atoms with Crippen molar-refractivity contribution in [2.75, 3.05) is 12.8 Å². The highest BCUT2D eigenvalue weighted by atomic mass is 16.3. The number of nitrogens with two attached hydrogens (primary N) is 2. The summed E-state index contributed by atoms with van der Waals surface area (Å²) >= 11 is 0. The van der Waals surface area contributed by atoms with Crippen molar-refractivity contribution in [3.63, 3.8) is 0 Å². The molecule has 2 atom stereocenters. The summed E-state index contributed by atoms with van der Waals surface area (Å²) in [6, 6.07) is 3.78. The molecule has 0 aliphatic heterocycles. The molecule has 3 aliphatic rings. The molecule has 0 amide bonds. The summed E-state index contributed by atoms with van der Waals surface area (Å²) in [4.78, 5) is 12.0. The molecule has 1 aromatic carbocycles. The van der Waals surface area contributed by atoms with Crippen molar-refractivity contribution in [1.82, 2.24) is 0 Å². The fourth-order valence-electron chi connectivity index (χ4n) is 4.64. The molecule has 1 saturated carbocycles. The van der Waals surface area contributed by atoms with Crippen molar-refractivity contribution in [2.45, 2.75) is 72.1 Å². The number of hydrogen-bond acceptors (Lipinski definition) is 4. The number of phenolic OH excluding ortho intramolecular Hbond substituents is 1. The van der Waals surface area contributed by atoms with Gasteiger partial charge in [0, 0.05) is 23.8 Å². The number of anilines is 1. The summed E-state index contributed by atoms with van der Waals surface area (Å²) in [5.41, 5.74) is 14.0. The van der Waals surface area contributed by atoms with Crippen LogP contribution >= 0.6 is 0 Å². The normalized spacial score (nSPS) is 26.7. The van der Waals surface area contributed by atoms with Gasteiger partial charge in [0.25, 0.3) is 0 Å². The topological polar surface area (TPSA) is 89.3 Å². The highest BCUT2D eigenvalue weighted by Crippen LogP contribution is 2.72. The molecule has 146 valence electrons. The number of allylic oxidation sites excluding steroid dienone is 2. The lowest BCUT2D eigenvalue weighted by molar-refractivity contribution is -0.122. The predicted octanol–water partition coefficient (Wildman–Crippen LogP) is 4.49. The summed E-state index contributed by atoms with van der Waals surface area (Å²) in [7, 11) is 1.50. The summed E-state index contributed by atoms with van der Waals surface area (Å²) in [6.07, 6.45) is 6.37. The average molecular weight is 361 g/mol. The minimum absolute atomic E-state index is 0.0719. The highest BCUT2D eigenvalue weighted by molar-refractivity contribution is 5.87. The third-order valence-electron chi connectivity index (χ3n) is 5.50. The molecule has 1 aromatic rings. The van der Waals surface area contributed by atoms with E-state index < -0.39 is 0 Å². The van der Waals surface area contributed by atoms with Gasteiger partial charge in [-0.15, -0.1) is 0 Å². The number of hydrogen-bond donors (Lipinski definition) is 3. The van der Waals surface area contributed by atoms with E-state index in [9.17, 15) is 9.90 Å². The Morgan fingerprint density at radius 1 is 1.12 bits per heavy atom. The van der Waals surface area contributed by atoms with Gasteiger partial charge in [-0.3, -0.25) is 4.79 Å². The number of carbonyl (C=O) groups excluding carboxylic acids is 1. The van der Waals surface area contributed by atoms with Crippen molar-refractivity contribution in [1.29, 1.82) is 0 Å². The van der Waals surface area contributed by atoms with Crippen molar-refractivity contribution in [2.24, 2.45) is 11.1 Å². The van der Waals surface area contributed by atoms with Crippen LogP contribution in [0.2, 0.25) is 0 Å². The first-order valence-corrected chi connectivity index (χ1v) is 9.79. The molecule has 4 rings (SSSR count). The number of nitrogen functional groups attached to an aromatic ring is 1. The van der Waals surface area contributed by atoms with E-state index in [0.717, 1.165) is 24.0 Å². The molecule has 26 heavy (non-hydrogen) atoms. The van der Waals surface area contributed by atoms with E-state index in [1.807, 2.05) is 19.9 Å². The smallest absolute Gasteiger partial charge is 0.142 e. The van der Waals surface area contributed by atoms with Crippen LogP contribution in [0.5, 0.6) is 5.75 Å². The third kappa shape index (κ3) is 3.16. The molecule has 3 aliphatic carbocycles. The van der Waals surface area contributed by atoms with Crippen LogP contribution in [0.1, 0.15) is 71.4 Å². The molecule has 1 unspecified atom stereocenters. The summed E-state index contributed by atoms with van der Waals surface area (Å²) in [6.45, 7) is 10.5. The zero-order valence-corrected chi connectivity index (χ0v) is 17.3. The van der Waals surface area contributed by atoms with Gasteiger partial charge in [0.15, 0.2) is 0 Å². The molecule has 0 bridgehead atoms. The van der Waals surface area contributed by atoms with Crippen LogP contribution in [0.4, 0.5) is 5.69 Å². The van der Waals surface area contributed by atoms with Gasteiger partial charge in [-0.25, -0.2) is 0 Å². The maximum Gasteiger partial charge on any atom is 0.142 e. The number of benzene rings is 1. The van der Waals surface area contributed by atoms with Crippen molar-refractivity contribution >= 4 is 11.5 Å². The minimum atomic E-state index is -0.267. The van der Waals surface area contributed by atoms with Crippen molar-refractivity contribution < 1.29 is 9.90 Å². The number of ketones is 1. The number of Topliss-reactive ketones (excluding diaryl/α,β-unsaturated/α-hetero) is 1. The molecule has 0 heterocycles. The van der Waals surface area contributed by atoms with E-state index in [1.165, 1.54) is 19.0 Å².